The Labute approximate surface area is 108 Å². The van der Waals surface area contributed by atoms with Crippen molar-refractivity contribution >= 4 is 22.3 Å². The van der Waals surface area contributed by atoms with Gasteiger partial charge in [-0.15, -0.1) is 0 Å². The van der Waals surface area contributed by atoms with Gasteiger partial charge in [-0.25, -0.2) is 0 Å². The summed E-state index contributed by atoms with van der Waals surface area (Å²) in [6.07, 6.45) is 2.81. The average Bonchev–Trinajstić information content (AvgIpc) is 2.36. The van der Waals surface area contributed by atoms with E-state index in [2.05, 4.69) is 29.3 Å². The summed E-state index contributed by atoms with van der Waals surface area (Å²) < 4.78 is 0. The SMILES string of the molecule is CN(C)CCCNc1c(N)cnc2ccccc12. The van der Waals surface area contributed by atoms with Gasteiger partial charge in [-0.2, -0.15) is 0 Å². The molecule has 3 N–H and O–H groups in total. The van der Waals surface area contributed by atoms with E-state index in [1.165, 1.54) is 0 Å². The summed E-state index contributed by atoms with van der Waals surface area (Å²) in [7, 11) is 4.16. The van der Waals surface area contributed by atoms with Crippen molar-refractivity contribution in [3.05, 3.63) is 30.5 Å². The van der Waals surface area contributed by atoms with E-state index in [0.717, 1.165) is 36.1 Å². The van der Waals surface area contributed by atoms with Crippen LogP contribution in [0.2, 0.25) is 0 Å². The average molecular weight is 244 g/mol. The minimum absolute atomic E-state index is 0.707. The second-order valence-electron chi connectivity index (χ2n) is 4.69. The van der Waals surface area contributed by atoms with Crippen LogP contribution in [0.3, 0.4) is 0 Å². The molecular formula is C14H20N4. The molecule has 0 saturated carbocycles. The highest BCUT2D eigenvalue weighted by molar-refractivity contribution is 5.96. The van der Waals surface area contributed by atoms with Crippen molar-refractivity contribution in [2.45, 2.75) is 6.42 Å². The first-order chi connectivity index (χ1) is 8.68. The molecular weight excluding hydrogens is 224 g/mol. The van der Waals surface area contributed by atoms with E-state index in [4.69, 9.17) is 5.73 Å². The van der Waals surface area contributed by atoms with Gasteiger partial charge in [0.25, 0.3) is 0 Å². The van der Waals surface area contributed by atoms with Crippen LogP contribution in [0.1, 0.15) is 6.42 Å². The number of nitrogens with zero attached hydrogens (tertiary/aromatic N) is 2. The fourth-order valence-corrected chi connectivity index (χ4v) is 1.96. The van der Waals surface area contributed by atoms with Gasteiger partial charge in [0.05, 0.1) is 23.1 Å². The van der Waals surface area contributed by atoms with Crippen molar-refractivity contribution in [1.29, 1.82) is 0 Å². The summed E-state index contributed by atoms with van der Waals surface area (Å²) in [5, 5.41) is 4.51. The van der Waals surface area contributed by atoms with Gasteiger partial charge in [0.2, 0.25) is 0 Å². The number of benzene rings is 1. The smallest absolute Gasteiger partial charge is 0.0743 e. The largest absolute Gasteiger partial charge is 0.396 e. The van der Waals surface area contributed by atoms with E-state index < -0.39 is 0 Å². The van der Waals surface area contributed by atoms with Crippen LogP contribution < -0.4 is 11.1 Å². The molecule has 4 heteroatoms. The molecule has 1 aromatic carbocycles. The van der Waals surface area contributed by atoms with Crippen LogP contribution in [-0.2, 0) is 0 Å². The molecule has 0 unspecified atom stereocenters. The van der Waals surface area contributed by atoms with E-state index >= 15 is 0 Å². The number of nitrogens with one attached hydrogen (secondary N) is 1. The Hall–Kier alpha value is -1.81. The van der Waals surface area contributed by atoms with Crippen LogP contribution in [0.15, 0.2) is 30.5 Å². The van der Waals surface area contributed by atoms with Gasteiger partial charge in [0, 0.05) is 11.9 Å². The van der Waals surface area contributed by atoms with Gasteiger partial charge in [-0.1, -0.05) is 18.2 Å². The van der Waals surface area contributed by atoms with Crippen molar-refractivity contribution in [2.75, 3.05) is 38.2 Å². The maximum Gasteiger partial charge on any atom is 0.0743 e. The lowest BCUT2D eigenvalue weighted by Gasteiger charge is -2.13. The first kappa shape index (κ1) is 12.6. The van der Waals surface area contributed by atoms with Crippen molar-refractivity contribution in [2.24, 2.45) is 0 Å². The van der Waals surface area contributed by atoms with E-state index in [1.807, 2.05) is 24.3 Å². The molecule has 4 nitrogen and oxygen atoms in total. The summed E-state index contributed by atoms with van der Waals surface area (Å²) >= 11 is 0. The van der Waals surface area contributed by atoms with Gasteiger partial charge in [-0.3, -0.25) is 4.98 Å². The fraction of sp³-hybridized carbons (Fsp3) is 0.357. The topological polar surface area (TPSA) is 54.2 Å². The molecule has 18 heavy (non-hydrogen) atoms. The maximum absolute atomic E-state index is 5.99. The van der Waals surface area contributed by atoms with E-state index in [1.54, 1.807) is 6.20 Å². The lowest BCUT2D eigenvalue weighted by Crippen LogP contribution is -2.16. The number of pyridine rings is 1. The Morgan fingerprint density at radius 2 is 2.06 bits per heavy atom. The number of hydrogen-bond donors (Lipinski definition) is 2. The van der Waals surface area contributed by atoms with Crippen molar-refractivity contribution in [3.63, 3.8) is 0 Å². The molecule has 0 fully saturated rings. The van der Waals surface area contributed by atoms with Gasteiger partial charge in [0.15, 0.2) is 0 Å². The van der Waals surface area contributed by atoms with Crippen LogP contribution in [0.25, 0.3) is 10.9 Å². The molecule has 1 aromatic heterocycles. The quantitative estimate of drug-likeness (QED) is 0.792. The molecule has 1 heterocycles. The number of nitrogen functional groups attached to an aromatic ring is 1. The first-order valence-electron chi connectivity index (χ1n) is 6.20. The molecule has 0 radical (unpaired) electrons. The zero-order valence-electron chi connectivity index (χ0n) is 11.0. The Kier molecular flexibility index (Phi) is 3.99. The predicted octanol–water partition coefficient (Wildman–Crippen LogP) is 2.18. The van der Waals surface area contributed by atoms with Crippen LogP contribution in [-0.4, -0.2) is 37.1 Å². The van der Waals surface area contributed by atoms with E-state index in [0.29, 0.717) is 5.69 Å². The van der Waals surface area contributed by atoms with E-state index in [-0.39, 0.29) is 0 Å². The van der Waals surface area contributed by atoms with Crippen molar-refractivity contribution in [1.82, 2.24) is 9.88 Å². The van der Waals surface area contributed by atoms with Crippen molar-refractivity contribution in [3.8, 4) is 0 Å². The number of nitrogens with two attached hydrogens (primary N) is 1. The Morgan fingerprint density at radius 3 is 2.83 bits per heavy atom. The third kappa shape index (κ3) is 2.90. The highest BCUT2D eigenvalue weighted by atomic mass is 15.1. The number of rotatable bonds is 5. The molecule has 0 atom stereocenters. The van der Waals surface area contributed by atoms with Crippen LogP contribution in [0.4, 0.5) is 11.4 Å². The normalized spacial score (nSPS) is 11.1. The van der Waals surface area contributed by atoms with Crippen LogP contribution in [0.5, 0.6) is 0 Å². The zero-order chi connectivity index (χ0) is 13.0. The van der Waals surface area contributed by atoms with Crippen LogP contribution in [0, 0.1) is 0 Å². The fourth-order valence-electron chi connectivity index (χ4n) is 1.96. The van der Waals surface area contributed by atoms with Crippen molar-refractivity contribution < 1.29 is 0 Å². The third-order valence-electron chi connectivity index (χ3n) is 2.89. The molecule has 0 aliphatic rings. The Morgan fingerprint density at radius 1 is 1.28 bits per heavy atom. The number of para-hydroxylation sites is 1. The molecule has 0 bridgehead atoms. The Balaban J connectivity index is 2.14. The summed E-state index contributed by atoms with van der Waals surface area (Å²) in [5.74, 6) is 0. The molecule has 96 valence electrons. The minimum Gasteiger partial charge on any atom is -0.396 e. The molecule has 2 aromatic rings. The molecule has 0 aliphatic carbocycles. The standard InChI is InChI=1S/C14H20N4/c1-18(2)9-5-8-16-14-11-6-3-4-7-13(11)17-10-12(14)15/h3-4,6-7,10H,5,8-9,15H2,1-2H3,(H,16,17). The molecule has 0 aliphatic heterocycles. The maximum atomic E-state index is 5.99. The summed E-state index contributed by atoms with van der Waals surface area (Å²) in [6.45, 7) is 1.98. The summed E-state index contributed by atoms with van der Waals surface area (Å²) in [4.78, 5) is 6.50. The number of fused-ring (bicyclic) bond motifs is 1. The van der Waals surface area contributed by atoms with E-state index in [9.17, 15) is 0 Å². The third-order valence-corrected chi connectivity index (χ3v) is 2.89. The molecule has 0 amide bonds. The monoisotopic (exact) mass is 244 g/mol. The second-order valence-corrected chi connectivity index (χ2v) is 4.69. The highest BCUT2D eigenvalue weighted by Crippen LogP contribution is 2.27. The number of anilines is 2. The summed E-state index contributed by atoms with van der Waals surface area (Å²) in [6, 6.07) is 8.04. The predicted molar refractivity (Wildman–Crippen MR) is 77.8 cm³/mol. The molecule has 0 saturated heterocycles. The summed E-state index contributed by atoms with van der Waals surface area (Å²) in [5.41, 5.74) is 8.67. The molecule has 2 rings (SSSR count). The second kappa shape index (κ2) is 5.69. The van der Waals surface area contributed by atoms with Gasteiger partial charge in [0.1, 0.15) is 0 Å². The van der Waals surface area contributed by atoms with Gasteiger partial charge < -0.3 is 16.0 Å². The lowest BCUT2D eigenvalue weighted by atomic mass is 10.1. The Bertz CT molecular complexity index is 522. The first-order valence-corrected chi connectivity index (χ1v) is 6.20. The highest BCUT2D eigenvalue weighted by Gasteiger charge is 2.05. The van der Waals surface area contributed by atoms with Crippen LogP contribution >= 0.6 is 0 Å². The number of hydrogen-bond acceptors (Lipinski definition) is 4. The zero-order valence-corrected chi connectivity index (χ0v) is 11.0. The number of aromatic nitrogens is 1. The lowest BCUT2D eigenvalue weighted by molar-refractivity contribution is 0.405. The van der Waals surface area contributed by atoms with Gasteiger partial charge >= 0.3 is 0 Å². The minimum atomic E-state index is 0.707. The molecule has 0 spiro atoms. The van der Waals surface area contributed by atoms with Gasteiger partial charge in [-0.05, 0) is 33.1 Å².